The molecule has 0 aliphatic carbocycles. The maximum atomic E-state index is 11.5. The number of nitrogens with zero attached hydrogens (tertiary/aromatic N) is 1. The van der Waals surface area contributed by atoms with E-state index < -0.39 is 12.0 Å². The van der Waals surface area contributed by atoms with E-state index in [4.69, 9.17) is 10.6 Å². The predicted molar refractivity (Wildman–Crippen MR) is 56.8 cm³/mol. The van der Waals surface area contributed by atoms with Gasteiger partial charge < -0.3 is 20.8 Å². The summed E-state index contributed by atoms with van der Waals surface area (Å²) in [6.07, 6.45) is 0.736. The van der Waals surface area contributed by atoms with Gasteiger partial charge in [-0.15, -0.1) is 4.73 Å². The Morgan fingerprint density at radius 3 is 2.44 bits per heavy atom. The van der Waals surface area contributed by atoms with Crippen molar-refractivity contribution in [2.24, 2.45) is 11.7 Å². The van der Waals surface area contributed by atoms with Crippen molar-refractivity contribution < 1.29 is 19.8 Å². The lowest BCUT2D eigenvalue weighted by Crippen LogP contribution is -2.42. The van der Waals surface area contributed by atoms with Gasteiger partial charge in [-0.05, 0) is 5.92 Å². The van der Waals surface area contributed by atoms with Crippen molar-refractivity contribution in [1.82, 2.24) is 4.73 Å². The Morgan fingerprint density at radius 2 is 2.00 bits per heavy atom. The van der Waals surface area contributed by atoms with Crippen LogP contribution in [0.3, 0.4) is 0 Å². The number of nitrogens with two attached hydrogens (primary N) is 1. The van der Waals surface area contributed by atoms with Crippen LogP contribution in [-0.4, -0.2) is 27.0 Å². The number of aromatic nitrogens is 1. The van der Waals surface area contributed by atoms with E-state index in [2.05, 4.69) is 0 Å². The molecule has 0 spiro atoms. The first-order chi connectivity index (χ1) is 7.47. The first-order valence-corrected chi connectivity index (χ1v) is 5.04. The van der Waals surface area contributed by atoms with Gasteiger partial charge in [-0.1, -0.05) is 20.3 Å². The molecular formula is C10H16N2O4. The van der Waals surface area contributed by atoms with E-state index in [0.29, 0.717) is 4.73 Å². The van der Waals surface area contributed by atoms with Crippen molar-refractivity contribution in [3.63, 3.8) is 0 Å². The van der Waals surface area contributed by atoms with Crippen LogP contribution in [0.4, 0.5) is 0 Å². The molecule has 0 amide bonds. The van der Waals surface area contributed by atoms with Crippen molar-refractivity contribution >= 4 is 5.97 Å². The first-order valence-electron chi connectivity index (χ1n) is 5.04. The van der Waals surface area contributed by atoms with Crippen molar-refractivity contribution in [3.05, 3.63) is 12.1 Å². The average molecular weight is 228 g/mol. The summed E-state index contributed by atoms with van der Waals surface area (Å²) in [7, 11) is 0. The van der Waals surface area contributed by atoms with Crippen LogP contribution in [0.15, 0.2) is 12.1 Å². The molecule has 2 atom stereocenters. The number of aromatic hydroxyl groups is 2. The molecule has 1 heterocycles. The number of rotatable bonds is 4. The smallest absolute Gasteiger partial charge is 0.350 e. The largest absolute Gasteiger partial charge is 0.492 e. The molecule has 0 saturated heterocycles. The minimum atomic E-state index is -0.786. The van der Waals surface area contributed by atoms with Gasteiger partial charge >= 0.3 is 5.97 Å². The Labute approximate surface area is 93.2 Å². The fraction of sp³-hybridized carbons (Fsp3) is 0.500. The second-order valence-corrected chi connectivity index (χ2v) is 3.67. The zero-order valence-electron chi connectivity index (χ0n) is 9.25. The summed E-state index contributed by atoms with van der Waals surface area (Å²) >= 11 is 0. The highest BCUT2D eigenvalue weighted by Crippen LogP contribution is 2.19. The molecule has 0 aliphatic heterocycles. The van der Waals surface area contributed by atoms with E-state index in [0.717, 1.165) is 6.42 Å². The lowest BCUT2D eigenvalue weighted by Gasteiger charge is -2.16. The van der Waals surface area contributed by atoms with Gasteiger partial charge in [-0.25, -0.2) is 4.79 Å². The van der Waals surface area contributed by atoms with Crippen LogP contribution in [-0.2, 0) is 4.79 Å². The molecule has 1 aromatic heterocycles. The number of carbonyl (C=O) groups excluding carboxylic acids is 1. The third-order valence-electron chi connectivity index (χ3n) is 2.51. The molecule has 0 aromatic carbocycles. The highest BCUT2D eigenvalue weighted by Gasteiger charge is 2.23. The Kier molecular flexibility index (Phi) is 3.78. The minimum Gasteiger partial charge on any atom is -0.492 e. The Morgan fingerprint density at radius 1 is 1.50 bits per heavy atom. The predicted octanol–water partition coefficient (Wildman–Crippen LogP) is 0.228. The van der Waals surface area contributed by atoms with Gasteiger partial charge in [0.05, 0.1) is 0 Å². The first kappa shape index (κ1) is 12.4. The van der Waals surface area contributed by atoms with Crippen LogP contribution in [0.2, 0.25) is 0 Å². The van der Waals surface area contributed by atoms with Gasteiger partial charge in [-0.2, -0.15) is 0 Å². The monoisotopic (exact) mass is 228 g/mol. The molecule has 0 aliphatic rings. The average Bonchev–Trinajstić information content (AvgIpc) is 2.58. The van der Waals surface area contributed by atoms with Gasteiger partial charge in [0.15, 0.2) is 0 Å². The molecule has 6 nitrogen and oxygen atoms in total. The van der Waals surface area contributed by atoms with E-state index in [1.807, 2.05) is 13.8 Å². The van der Waals surface area contributed by atoms with Crippen LogP contribution in [0.1, 0.15) is 20.3 Å². The van der Waals surface area contributed by atoms with Gasteiger partial charge in [0.1, 0.15) is 6.04 Å². The normalized spacial score (nSPS) is 14.4. The molecule has 0 bridgehead atoms. The van der Waals surface area contributed by atoms with Crippen molar-refractivity contribution in [2.75, 3.05) is 0 Å². The van der Waals surface area contributed by atoms with Crippen molar-refractivity contribution in [1.29, 1.82) is 0 Å². The molecule has 4 N–H and O–H groups in total. The summed E-state index contributed by atoms with van der Waals surface area (Å²) in [6, 6.07) is 1.63. The number of carbonyl (C=O) groups is 1. The fourth-order valence-corrected chi connectivity index (χ4v) is 1.13. The summed E-state index contributed by atoms with van der Waals surface area (Å²) in [5, 5.41) is 18.5. The van der Waals surface area contributed by atoms with Gasteiger partial charge in [0.25, 0.3) is 0 Å². The second-order valence-electron chi connectivity index (χ2n) is 3.67. The van der Waals surface area contributed by atoms with Gasteiger partial charge in [-0.3, -0.25) is 0 Å². The van der Waals surface area contributed by atoms with Gasteiger partial charge in [0, 0.05) is 12.1 Å². The third kappa shape index (κ3) is 2.46. The van der Waals surface area contributed by atoms with Crippen LogP contribution in [0.25, 0.3) is 0 Å². The quantitative estimate of drug-likeness (QED) is 0.685. The maximum Gasteiger partial charge on any atom is 0.350 e. The highest BCUT2D eigenvalue weighted by molar-refractivity contribution is 5.76. The summed E-state index contributed by atoms with van der Waals surface area (Å²) in [4.78, 5) is 16.3. The second kappa shape index (κ2) is 4.89. The number of hydrogen-bond donors (Lipinski definition) is 3. The Bertz CT molecular complexity index is 355. The third-order valence-corrected chi connectivity index (χ3v) is 2.51. The zero-order chi connectivity index (χ0) is 12.3. The fourth-order valence-electron chi connectivity index (χ4n) is 1.13. The van der Waals surface area contributed by atoms with Crippen LogP contribution >= 0.6 is 0 Å². The molecule has 1 rings (SSSR count). The van der Waals surface area contributed by atoms with Crippen LogP contribution in [0.5, 0.6) is 11.8 Å². The lowest BCUT2D eigenvalue weighted by molar-refractivity contribution is -0.148. The van der Waals surface area contributed by atoms with E-state index in [1.54, 1.807) is 0 Å². The van der Waals surface area contributed by atoms with Crippen molar-refractivity contribution in [2.45, 2.75) is 26.3 Å². The molecule has 90 valence electrons. The zero-order valence-corrected chi connectivity index (χ0v) is 9.25. The molecule has 16 heavy (non-hydrogen) atoms. The summed E-state index contributed by atoms with van der Waals surface area (Å²) in [5.74, 6) is -1.45. The Hall–Kier alpha value is -1.69. The molecule has 6 heteroatoms. The van der Waals surface area contributed by atoms with E-state index in [-0.39, 0.29) is 17.7 Å². The lowest BCUT2D eigenvalue weighted by atomic mass is 10.0. The topological polar surface area (TPSA) is 97.7 Å². The molecule has 0 unspecified atom stereocenters. The Balaban J connectivity index is 2.71. The maximum absolute atomic E-state index is 11.5. The SMILES string of the molecule is CC[C@H](C)[C@H](N)C(=O)On1c(O)ccc1O. The van der Waals surface area contributed by atoms with E-state index >= 15 is 0 Å². The number of hydrogen-bond acceptors (Lipinski definition) is 5. The minimum absolute atomic E-state index is 0.0349. The highest BCUT2D eigenvalue weighted by atomic mass is 16.7. The van der Waals surface area contributed by atoms with Crippen molar-refractivity contribution in [3.8, 4) is 11.8 Å². The summed E-state index contributed by atoms with van der Waals surface area (Å²) in [5.41, 5.74) is 5.64. The molecule has 0 radical (unpaired) electrons. The van der Waals surface area contributed by atoms with Crippen LogP contribution < -0.4 is 10.6 Å². The molecular weight excluding hydrogens is 212 g/mol. The van der Waals surface area contributed by atoms with Gasteiger partial charge in [0.2, 0.25) is 11.8 Å². The van der Waals surface area contributed by atoms with E-state index in [9.17, 15) is 15.0 Å². The summed E-state index contributed by atoms with van der Waals surface area (Å²) in [6.45, 7) is 3.73. The molecule has 0 saturated carbocycles. The summed E-state index contributed by atoms with van der Waals surface area (Å²) < 4.78 is 0.630. The van der Waals surface area contributed by atoms with Crippen LogP contribution in [0, 0.1) is 5.92 Å². The molecule has 1 aromatic rings. The van der Waals surface area contributed by atoms with E-state index in [1.165, 1.54) is 12.1 Å². The molecule has 0 fully saturated rings. The standard InChI is InChI=1S/C10H16N2O4/c1-3-6(2)9(11)10(15)16-12-7(13)4-5-8(12)14/h4-6,9,13-14H,3,11H2,1-2H3/t6-,9-/m0/s1.